The van der Waals surface area contributed by atoms with E-state index in [9.17, 15) is 9.18 Å². The number of aliphatic hydroxyl groups excluding tert-OH is 1. The molecule has 0 amide bonds. The van der Waals surface area contributed by atoms with Gasteiger partial charge in [0.05, 0.1) is 13.2 Å². The summed E-state index contributed by atoms with van der Waals surface area (Å²) in [5, 5.41) is 8.92. The number of rotatable bonds is 5. The fourth-order valence-corrected chi connectivity index (χ4v) is 1.27. The third-order valence-corrected chi connectivity index (χ3v) is 2.56. The smallest absolute Gasteiger partial charge is 0.176 e. The highest BCUT2D eigenvalue weighted by Gasteiger charge is 2.13. The second kappa shape index (κ2) is 5.72. The number of carbonyl (C=O) groups excluding carboxylic acids is 1. The Kier molecular flexibility index (Phi) is 4.58. The van der Waals surface area contributed by atoms with Crippen LogP contribution in [0.2, 0.25) is 0 Å². The fourth-order valence-electron chi connectivity index (χ4n) is 1.27. The first-order valence-corrected chi connectivity index (χ1v) is 5.14. The molecule has 0 heterocycles. The van der Waals surface area contributed by atoms with Gasteiger partial charge in [0.25, 0.3) is 0 Å². The SMILES string of the molecule is CC(CO)N(C)CC(=O)c1cccc(F)c1. The molecule has 0 bridgehead atoms. The Morgan fingerprint density at radius 1 is 1.56 bits per heavy atom. The van der Waals surface area contributed by atoms with Gasteiger partial charge in [-0.05, 0) is 26.1 Å². The molecule has 0 spiro atoms. The van der Waals surface area contributed by atoms with Crippen molar-refractivity contribution in [3.8, 4) is 0 Å². The number of hydrogen-bond donors (Lipinski definition) is 1. The van der Waals surface area contributed by atoms with Crippen LogP contribution < -0.4 is 0 Å². The van der Waals surface area contributed by atoms with Crippen molar-refractivity contribution < 1.29 is 14.3 Å². The van der Waals surface area contributed by atoms with Gasteiger partial charge in [0, 0.05) is 11.6 Å². The van der Waals surface area contributed by atoms with Crippen LogP contribution >= 0.6 is 0 Å². The normalized spacial score (nSPS) is 12.8. The van der Waals surface area contributed by atoms with Gasteiger partial charge in [-0.25, -0.2) is 4.39 Å². The van der Waals surface area contributed by atoms with Crippen LogP contribution in [0.4, 0.5) is 4.39 Å². The minimum absolute atomic E-state index is 0.00701. The van der Waals surface area contributed by atoms with Gasteiger partial charge in [-0.15, -0.1) is 0 Å². The van der Waals surface area contributed by atoms with Crippen molar-refractivity contribution in [2.45, 2.75) is 13.0 Å². The highest BCUT2D eigenvalue weighted by molar-refractivity contribution is 5.97. The molecule has 1 aromatic rings. The lowest BCUT2D eigenvalue weighted by Crippen LogP contribution is -2.36. The molecule has 4 heteroatoms. The van der Waals surface area contributed by atoms with Gasteiger partial charge in [0.15, 0.2) is 5.78 Å². The largest absolute Gasteiger partial charge is 0.395 e. The van der Waals surface area contributed by atoms with Gasteiger partial charge in [-0.1, -0.05) is 12.1 Å². The lowest BCUT2D eigenvalue weighted by molar-refractivity contribution is 0.0890. The van der Waals surface area contributed by atoms with Crippen LogP contribution in [0, 0.1) is 5.82 Å². The Morgan fingerprint density at radius 3 is 2.81 bits per heavy atom. The van der Waals surface area contributed by atoms with Gasteiger partial charge < -0.3 is 5.11 Å². The number of ketones is 1. The maximum absolute atomic E-state index is 12.9. The Balaban J connectivity index is 2.66. The number of hydrogen-bond acceptors (Lipinski definition) is 3. The van der Waals surface area contributed by atoms with Crippen molar-refractivity contribution in [2.75, 3.05) is 20.2 Å². The molecule has 1 N–H and O–H groups in total. The van der Waals surface area contributed by atoms with E-state index < -0.39 is 5.82 Å². The third-order valence-electron chi connectivity index (χ3n) is 2.56. The minimum Gasteiger partial charge on any atom is -0.395 e. The average Bonchev–Trinajstić information content (AvgIpc) is 2.27. The molecule has 0 aliphatic heterocycles. The van der Waals surface area contributed by atoms with E-state index in [2.05, 4.69) is 0 Å². The van der Waals surface area contributed by atoms with Crippen LogP contribution in [-0.2, 0) is 0 Å². The highest BCUT2D eigenvalue weighted by atomic mass is 19.1. The van der Waals surface area contributed by atoms with E-state index in [1.807, 2.05) is 6.92 Å². The summed E-state index contributed by atoms with van der Waals surface area (Å²) in [5.74, 6) is -0.564. The molecule has 0 aliphatic carbocycles. The summed E-state index contributed by atoms with van der Waals surface area (Å²) in [5.41, 5.74) is 0.358. The zero-order chi connectivity index (χ0) is 12.1. The molecule has 0 saturated carbocycles. The number of likely N-dealkylation sites (N-methyl/N-ethyl adjacent to an activating group) is 1. The molecule has 1 aromatic carbocycles. The Labute approximate surface area is 94.5 Å². The number of benzene rings is 1. The summed E-state index contributed by atoms with van der Waals surface area (Å²) >= 11 is 0. The van der Waals surface area contributed by atoms with E-state index in [-0.39, 0.29) is 25.0 Å². The summed E-state index contributed by atoms with van der Waals surface area (Å²) in [4.78, 5) is 13.5. The first-order chi connectivity index (χ1) is 7.54. The number of aliphatic hydroxyl groups is 1. The average molecular weight is 225 g/mol. The zero-order valence-corrected chi connectivity index (χ0v) is 9.48. The van der Waals surface area contributed by atoms with Gasteiger partial charge in [-0.3, -0.25) is 9.69 Å². The van der Waals surface area contributed by atoms with Crippen LogP contribution in [0.1, 0.15) is 17.3 Å². The summed E-state index contributed by atoms with van der Waals surface area (Å²) in [6.07, 6.45) is 0. The first kappa shape index (κ1) is 12.8. The van der Waals surface area contributed by atoms with Crippen LogP contribution in [0.3, 0.4) is 0 Å². The van der Waals surface area contributed by atoms with Gasteiger partial charge in [-0.2, -0.15) is 0 Å². The summed E-state index contributed by atoms with van der Waals surface area (Å²) in [6.45, 7) is 1.98. The fraction of sp³-hybridized carbons (Fsp3) is 0.417. The lowest BCUT2D eigenvalue weighted by atomic mass is 10.1. The van der Waals surface area contributed by atoms with Gasteiger partial charge in [0.1, 0.15) is 5.82 Å². The Bertz CT molecular complexity index is 368. The van der Waals surface area contributed by atoms with E-state index in [0.717, 1.165) is 0 Å². The zero-order valence-electron chi connectivity index (χ0n) is 9.48. The molecule has 88 valence electrons. The van der Waals surface area contributed by atoms with Crippen molar-refractivity contribution in [1.82, 2.24) is 4.90 Å². The number of nitrogens with zero attached hydrogens (tertiary/aromatic N) is 1. The molecule has 3 nitrogen and oxygen atoms in total. The molecule has 1 unspecified atom stereocenters. The standard InChI is InChI=1S/C12H16FNO2/c1-9(8-15)14(2)7-12(16)10-4-3-5-11(13)6-10/h3-6,9,15H,7-8H2,1-2H3. The predicted molar refractivity (Wildman–Crippen MR) is 59.9 cm³/mol. The van der Waals surface area contributed by atoms with Crippen molar-refractivity contribution >= 4 is 5.78 Å². The van der Waals surface area contributed by atoms with Crippen molar-refractivity contribution in [2.24, 2.45) is 0 Å². The predicted octanol–water partition coefficient (Wildman–Crippen LogP) is 1.32. The van der Waals surface area contributed by atoms with Crippen molar-refractivity contribution in [3.05, 3.63) is 35.6 Å². The van der Waals surface area contributed by atoms with Crippen LogP contribution in [0.5, 0.6) is 0 Å². The molecule has 0 fully saturated rings. The second-order valence-electron chi connectivity index (χ2n) is 3.88. The monoisotopic (exact) mass is 225 g/mol. The van der Waals surface area contributed by atoms with Gasteiger partial charge >= 0.3 is 0 Å². The van der Waals surface area contributed by atoms with E-state index in [4.69, 9.17) is 5.11 Å². The van der Waals surface area contributed by atoms with E-state index >= 15 is 0 Å². The van der Waals surface area contributed by atoms with Crippen molar-refractivity contribution in [1.29, 1.82) is 0 Å². The van der Waals surface area contributed by atoms with Crippen LogP contribution in [0.15, 0.2) is 24.3 Å². The molecule has 16 heavy (non-hydrogen) atoms. The molecule has 1 rings (SSSR count). The Hall–Kier alpha value is -1.26. The lowest BCUT2D eigenvalue weighted by Gasteiger charge is -2.21. The molecule has 0 aromatic heterocycles. The maximum Gasteiger partial charge on any atom is 0.176 e. The quantitative estimate of drug-likeness (QED) is 0.768. The summed E-state index contributed by atoms with van der Waals surface area (Å²) in [7, 11) is 1.75. The number of halogens is 1. The molecular formula is C12H16FNO2. The molecule has 0 radical (unpaired) electrons. The molecule has 0 saturated heterocycles. The summed E-state index contributed by atoms with van der Waals surface area (Å²) in [6, 6.07) is 5.54. The maximum atomic E-state index is 12.9. The molecular weight excluding hydrogens is 209 g/mol. The number of Topliss-reactive ketones (excluding diaryl/α,β-unsaturated/α-hetero) is 1. The minimum atomic E-state index is -0.413. The van der Waals surface area contributed by atoms with E-state index in [1.54, 1.807) is 18.0 Å². The topological polar surface area (TPSA) is 40.5 Å². The first-order valence-electron chi connectivity index (χ1n) is 5.14. The number of carbonyl (C=O) groups is 1. The van der Waals surface area contributed by atoms with Crippen LogP contribution in [-0.4, -0.2) is 42.0 Å². The van der Waals surface area contributed by atoms with Gasteiger partial charge in [0.2, 0.25) is 0 Å². The highest BCUT2D eigenvalue weighted by Crippen LogP contribution is 2.06. The molecule has 1 atom stereocenters. The van der Waals surface area contributed by atoms with E-state index in [0.29, 0.717) is 5.56 Å². The summed E-state index contributed by atoms with van der Waals surface area (Å²) < 4.78 is 12.9. The van der Waals surface area contributed by atoms with Crippen LogP contribution in [0.25, 0.3) is 0 Å². The van der Waals surface area contributed by atoms with E-state index in [1.165, 1.54) is 18.2 Å². The van der Waals surface area contributed by atoms with Crippen molar-refractivity contribution in [3.63, 3.8) is 0 Å². The Morgan fingerprint density at radius 2 is 2.25 bits per heavy atom. The second-order valence-corrected chi connectivity index (χ2v) is 3.88. The third kappa shape index (κ3) is 3.40. The molecule has 0 aliphatic rings.